The van der Waals surface area contributed by atoms with Crippen LogP contribution >= 0.6 is 0 Å². The van der Waals surface area contributed by atoms with Crippen LogP contribution in [0.25, 0.3) is 0 Å². The molecule has 0 aromatic rings. The Morgan fingerprint density at radius 2 is 1.69 bits per heavy atom. The average Bonchev–Trinajstić information content (AvgIpc) is 3.02. The molecule has 2 aliphatic rings. The van der Waals surface area contributed by atoms with Crippen LogP contribution < -0.4 is 0 Å². The summed E-state index contributed by atoms with van der Waals surface area (Å²) in [6.45, 7) is 0. The van der Waals surface area contributed by atoms with Crippen molar-refractivity contribution in [1.29, 1.82) is 0 Å². The lowest BCUT2D eigenvalue weighted by Crippen LogP contribution is -2.50. The molecule has 16 heavy (non-hydrogen) atoms. The third-order valence-corrected chi connectivity index (χ3v) is 4.48. The second-order valence-corrected chi connectivity index (χ2v) is 5.91. The van der Waals surface area contributed by atoms with Gasteiger partial charge < -0.3 is 0 Å². The molecule has 2 fully saturated rings. The molecule has 0 aliphatic heterocycles. The first-order valence-corrected chi connectivity index (χ1v) is 6.86. The molecule has 0 unspecified atom stereocenters. The zero-order chi connectivity index (χ0) is 11.6. The van der Waals surface area contributed by atoms with E-state index >= 15 is 0 Å². The second kappa shape index (κ2) is 4.87. The van der Waals surface area contributed by atoms with Gasteiger partial charge in [-0.15, -0.1) is 0 Å². The first-order chi connectivity index (χ1) is 7.65. The van der Waals surface area contributed by atoms with E-state index in [0.717, 1.165) is 25.2 Å². The fraction of sp³-hybridized carbons (Fsp3) is 0.929. The summed E-state index contributed by atoms with van der Waals surface area (Å²) in [6, 6.07) is 0. The first kappa shape index (κ1) is 12.1. The molecule has 0 N–H and O–H groups in total. The van der Waals surface area contributed by atoms with E-state index in [4.69, 9.17) is 0 Å². The van der Waals surface area contributed by atoms with Crippen LogP contribution in [0.3, 0.4) is 0 Å². The highest BCUT2D eigenvalue weighted by Gasteiger charge is 2.42. The van der Waals surface area contributed by atoms with Crippen LogP contribution in [0.4, 0.5) is 0 Å². The normalized spacial score (nSPS) is 25.4. The zero-order valence-corrected chi connectivity index (χ0v) is 10.8. The van der Waals surface area contributed by atoms with E-state index in [-0.39, 0.29) is 5.54 Å². The molecule has 2 heteroatoms. The Hall–Kier alpha value is -0.370. The van der Waals surface area contributed by atoms with Gasteiger partial charge in [0, 0.05) is 6.42 Å². The van der Waals surface area contributed by atoms with Gasteiger partial charge in [-0.2, -0.15) is 0 Å². The number of hydrogen-bond acceptors (Lipinski definition) is 2. The van der Waals surface area contributed by atoms with Gasteiger partial charge in [-0.1, -0.05) is 25.7 Å². The third kappa shape index (κ3) is 2.48. The lowest BCUT2D eigenvalue weighted by molar-refractivity contribution is -0.131. The second-order valence-electron chi connectivity index (χ2n) is 5.91. The number of likely N-dealkylation sites (N-methyl/N-ethyl adjacent to an activating group) is 1. The number of carbonyl (C=O) groups excluding carboxylic acids is 1. The number of carbonyl (C=O) groups is 1. The average molecular weight is 223 g/mol. The summed E-state index contributed by atoms with van der Waals surface area (Å²) < 4.78 is 0. The van der Waals surface area contributed by atoms with Crippen molar-refractivity contribution in [2.24, 2.45) is 5.92 Å². The summed E-state index contributed by atoms with van der Waals surface area (Å²) >= 11 is 0. The minimum Gasteiger partial charge on any atom is -0.298 e. The van der Waals surface area contributed by atoms with Crippen LogP contribution in [-0.2, 0) is 4.79 Å². The standard InChI is InChI=1S/C14H25NO/c1-15(2)14(9-5-3-4-6-10-14)13(16)11-12-7-8-12/h12H,3-11H2,1-2H3. The summed E-state index contributed by atoms with van der Waals surface area (Å²) in [5.41, 5.74) is -0.112. The highest BCUT2D eigenvalue weighted by Crippen LogP contribution is 2.38. The van der Waals surface area contributed by atoms with Crippen LogP contribution in [0.1, 0.15) is 57.8 Å². The van der Waals surface area contributed by atoms with Crippen molar-refractivity contribution in [1.82, 2.24) is 4.90 Å². The van der Waals surface area contributed by atoms with Crippen LogP contribution in [0.15, 0.2) is 0 Å². The molecule has 2 saturated carbocycles. The summed E-state index contributed by atoms with van der Waals surface area (Å²) in [4.78, 5) is 14.7. The number of nitrogens with zero attached hydrogens (tertiary/aromatic N) is 1. The smallest absolute Gasteiger partial charge is 0.153 e. The van der Waals surface area contributed by atoms with Gasteiger partial charge in [0.15, 0.2) is 5.78 Å². The largest absolute Gasteiger partial charge is 0.298 e. The maximum absolute atomic E-state index is 12.5. The Morgan fingerprint density at radius 3 is 2.12 bits per heavy atom. The number of hydrogen-bond donors (Lipinski definition) is 0. The van der Waals surface area contributed by atoms with Gasteiger partial charge in [0.1, 0.15) is 0 Å². The molecular formula is C14H25NO. The maximum Gasteiger partial charge on any atom is 0.153 e. The van der Waals surface area contributed by atoms with Crippen molar-refractivity contribution in [3.05, 3.63) is 0 Å². The van der Waals surface area contributed by atoms with Crippen molar-refractivity contribution in [2.45, 2.75) is 63.3 Å². The van der Waals surface area contributed by atoms with Gasteiger partial charge in [-0.05, 0) is 45.7 Å². The van der Waals surface area contributed by atoms with Crippen molar-refractivity contribution in [3.63, 3.8) is 0 Å². The van der Waals surface area contributed by atoms with Gasteiger partial charge in [0.05, 0.1) is 5.54 Å². The van der Waals surface area contributed by atoms with Crippen molar-refractivity contribution >= 4 is 5.78 Å². The predicted octanol–water partition coefficient (Wildman–Crippen LogP) is 3.01. The van der Waals surface area contributed by atoms with Gasteiger partial charge in [0.25, 0.3) is 0 Å². The van der Waals surface area contributed by atoms with Crippen LogP contribution in [0.5, 0.6) is 0 Å². The Labute approximate surface area is 99.4 Å². The van der Waals surface area contributed by atoms with E-state index in [1.165, 1.54) is 38.5 Å². The molecule has 92 valence electrons. The quantitative estimate of drug-likeness (QED) is 0.683. The van der Waals surface area contributed by atoms with Gasteiger partial charge in [-0.25, -0.2) is 0 Å². The minimum atomic E-state index is -0.112. The summed E-state index contributed by atoms with van der Waals surface area (Å²) in [6.07, 6.45) is 10.7. The first-order valence-electron chi connectivity index (χ1n) is 6.86. The van der Waals surface area contributed by atoms with Gasteiger partial charge in [-0.3, -0.25) is 9.69 Å². The van der Waals surface area contributed by atoms with E-state index in [9.17, 15) is 4.79 Å². The molecule has 0 atom stereocenters. The van der Waals surface area contributed by atoms with E-state index in [2.05, 4.69) is 19.0 Å². The fourth-order valence-corrected chi connectivity index (χ4v) is 3.06. The molecule has 2 aliphatic carbocycles. The topological polar surface area (TPSA) is 20.3 Å². The summed E-state index contributed by atoms with van der Waals surface area (Å²) in [7, 11) is 4.19. The minimum absolute atomic E-state index is 0.112. The van der Waals surface area contributed by atoms with E-state index in [1.54, 1.807) is 0 Å². The van der Waals surface area contributed by atoms with Crippen molar-refractivity contribution in [2.75, 3.05) is 14.1 Å². The lowest BCUT2D eigenvalue weighted by atomic mass is 9.82. The maximum atomic E-state index is 12.5. The Balaban J connectivity index is 2.08. The van der Waals surface area contributed by atoms with E-state index in [1.807, 2.05) is 0 Å². The molecule has 0 amide bonds. The Bertz CT molecular complexity index is 247. The Morgan fingerprint density at radius 1 is 1.12 bits per heavy atom. The molecule has 2 nitrogen and oxygen atoms in total. The highest BCUT2D eigenvalue weighted by atomic mass is 16.1. The molecule has 2 rings (SSSR count). The molecule has 0 heterocycles. The number of Topliss-reactive ketones (excluding diaryl/α,β-unsaturated/α-hetero) is 1. The van der Waals surface area contributed by atoms with Crippen molar-refractivity contribution in [3.8, 4) is 0 Å². The van der Waals surface area contributed by atoms with Crippen LogP contribution in [0, 0.1) is 5.92 Å². The molecule has 0 bridgehead atoms. The molecule has 0 aromatic heterocycles. The van der Waals surface area contributed by atoms with Crippen LogP contribution in [-0.4, -0.2) is 30.3 Å². The molecule has 0 aromatic carbocycles. The van der Waals surface area contributed by atoms with Gasteiger partial charge in [0.2, 0.25) is 0 Å². The molecule has 0 saturated heterocycles. The number of rotatable bonds is 4. The lowest BCUT2D eigenvalue weighted by Gasteiger charge is -2.38. The molecule has 0 spiro atoms. The highest BCUT2D eigenvalue weighted by molar-refractivity contribution is 5.88. The molecule has 0 radical (unpaired) electrons. The summed E-state index contributed by atoms with van der Waals surface area (Å²) in [5.74, 6) is 1.26. The predicted molar refractivity (Wildman–Crippen MR) is 66.5 cm³/mol. The monoisotopic (exact) mass is 223 g/mol. The fourth-order valence-electron chi connectivity index (χ4n) is 3.06. The van der Waals surface area contributed by atoms with E-state index < -0.39 is 0 Å². The van der Waals surface area contributed by atoms with E-state index in [0.29, 0.717) is 5.78 Å². The number of ketones is 1. The Kier molecular flexibility index (Phi) is 3.68. The SMILES string of the molecule is CN(C)C1(C(=O)CC2CC2)CCCCCC1. The van der Waals surface area contributed by atoms with Gasteiger partial charge >= 0.3 is 0 Å². The summed E-state index contributed by atoms with van der Waals surface area (Å²) in [5, 5.41) is 0. The van der Waals surface area contributed by atoms with Crippen molar-refractivity contribution < 1.29 is 4.79 Å². The molecular weight excluding hydrogens is 198 g/mol. The third-order valence-electron chi connectivity index (χ3n) is 4.48. The van der Waals surface area contributed by atoms with Crippen LogP contribution in [0.2, 0.25) is 0 Å². The zero-order valence-electron chi connectivity index (χ0n) is 10.8.